The molecule has 1 aromatic carbocycles. The second kappa shape index (κ2) is 7.28. The Labute approximate surface area is 148 Å². The van der Waals surface area contributed by atoms with E-state index in [1.807, 2.05) is 35.8 Å². The standard InChI is InChI=1S/C17H20N4O3S/c1-11-4-6-12(7-5-11)10-21-13-14(18-17(21)25-9-8-24-3)20(2)16(23)19-15(13)22/h4-7H,8-10H2,1-3H3,(H,19,22,23). The average molecular weight is 360 g/mol. The number of imidazole rings is 1. The van der Waals surface area contributed by atoms with E-state index in [4.69, 9.17) is 4.74 Å². The summed E-state index contributed by atoms with van der Waals surface area (Å²) in [5.74, 6) is 0.708. The van der Waals surface area contributed by atoms with Gasteiger partial charge in [-0.1, -0.05) is 41.6 Å². The minimum absolute atomic E-state index is 0.390. The number of hydrogen-bond donors (Lipinski definition) is 1. The molecular weight excluding hydrogens is 340 g/mol. The van der Waals surface area contributed by atoms with E-state index in [-0.39, 0.29) is 0 Å². The zero-order valence-corrected chi connectivity index (χ0v) is 15.2. The van der Waals surface area contributed by atoms with Gasteiger partial charge in [-0.2, -0.15) is 0 Å². The molecule has 0 radical (unpaired) electrons. The fraction of sp³-hybridized carbons (Fsp3) is 0.353. The third kappa shape index (κ3) is 3.54. The summed E-state index contributed by atoms with van der Waals surface area (Å²) in [5, 5.41) is 0.694. The van der Waals surface area contributed by atoms with Crippen molar-refractivity contribution in [3.63, 3.8) is 0 Å². The number of aromatic amines is 1. The molecule has 2 aromatic heterocycles. The monoisotopic (exact) mass is 360 g/mol. The van der Waals surface area contributed by atoms with Crippen molar-refractivity contribution in [2.75, 3.05) is 19.5 Å². The number of aryl methyl sites for hydroxylation is 2. The largest absolute Gasteiger partial charge is 0.384 e. The van der Waals surface area contributed by atoms with E-state index in [2.05, 4.69) is 9.97 Å². The Morgan fingerprint density at radius 1 is 1.24 bits per heavy atom. The van der Waals surface area contributed by atoms with Crippen LogP contribution < -0.4 is 11.2 Å². The molecule has 1 N–H and O–H groups in total. The van der Waals surface area contributed by atoms with E-state index in [1.165, 1.54) is 21.9 Å². The van der Waals surface area contributed by atoms with Crippen LogP contribution in [-0.2, 0) is 18.3 Å². The van der Waals surface area contributed by atoms with Gasteiger partial charge in [0, 0.05) is 19.9 Å². The number of nitrogens with one attached hydrogen (secondary N) is 1. The number of hydrogen-bond acceptors (Lipinski definition) is 5. The van der Waals surface area contributed by atoms with Gasteiger partial charge in [0.15, 0.2) is 16.3 Å². The first-order valence-corrected chi connectivity index (χ1v) is 8.86. The number of benzene rings is 1. The molecule has 25 heavy (non-hydrogen) atoms. The fourth-order valence-corrected chi connectivity index (χ4v) is 3.46. The van der Waals surface area contributed by atoms with Gasteiger partial charge in [0.2, 0.25) is 0 Å². The van der Waals surface area contributed by atoms with Crippen molar-refractivity contribution < 1.29 is 4.74 Å². The lowest BCUT2D eigenvalue weighted by Crippen LogP contribution is -2.29. The Bertz CT molecular complexity index is 1000. The molecule has 8 heteroatoms. The molecule has 7 nitrogen and oxygen atoms in total. The van der Waals surface area contributed by atoms with Crippen LogP contribution in [-0.4, -0.2) is 38.6 Å². The Morgan fingerprint density at radius 2 is 1.96 bits per heavy atom. The molecule has 0 spiro atoms. The quantitative estimate of drug-likeness (QED) is 0.532. The van der Waals surface area contributed by atoms with Crippen molar-refractivity contribution in [2.24, 2.45) is 7.05 Å². The maximum atomic E-state index is 12.4. The maximum Gasteiger partial charge on any atom is 0.329 e. The highest BCUT2D eigenvalue weighted by Gasteiger charge is 2.17. The molecule has 0 unspecified atom stereocenters. The Kier molecular flexibility index (Phi) is 5.10. The number of aromatic nitrogens is 4. The molecule has 0 fully saturated rings. The lowest BCUT2D eigenvalue weighted by Gasteiger charge is -2.09. The van der Waals surface area contributed by atoms with Crippen molar-refractivity contribution in [3.05, 3.63) is 56.2 Å². The second-order valence-corrected chi connectivity index (χ2v) is 6.86. The van der Waals surface area contributed by atoms with Crippen LogP contribution in [0, 0.1) is 6.92 Å². The molecule has 0 bridgehead atoms. The van der Waals surface area contributed by atoms with E-state index in [1.54, 1.807) is 14.2 Å². The normalized spacial score (nSPS) is 11.3. The van der Waals surface area contributed by atoms with Crippen LogP contribution >= 0.6 is 11.8 Å². The summed E-state index contributed by atoms with van der Waals surface area (Å²) in [5.41, 5.74) is 2.14. The first-order chi connectivity index (χ1) is 12.0. The zero-order chi connectivity index (χ0) is 18.0. The highest BCUT2D eigenvalue weighted by Crippen LogP contribution is 2.22. The summed E-state index contributed by atoms with van der Waals surface area (Å²) in [6, 6.07) is 8.13. The average Bonchev–Trinajstić information content (AvgIpc) is 2.94. The van der Waals surface area contributed by atoms with Crippen LogP contribution in [0.3, 0.4) is 0 Å². The lowest BCUT2D eigenvalue weighted by atomic mass is 10.1. The first kappa shape index (κ1) is 17.5. The number of fused-ring (bicyclic) bond motifs is 1. The van der Waals surface area contributed by atoms with Gasteiger partial charge in [0.05, 0.1) is 13.2 Å². The van der Waals surface area contributed by atoms with E-state index in [9.17, 15) is 9.59 Å². The summed E-state index contributed by atoms with van der Waals surface area (Å²) in [6.45, 7) is 3.12. The lowest BCUT2D eigenvalue weighted by molar-refractivity contribution is 0.218. The zero-order valence-electron chi connectivity index (χ0n) is 14.4. The molecule has 0 amide bonds. The van der Waals surface area contributed by atoms with Crippen LogP contribution in [0.25, 0.3) is 11.2 Å². The molecule has 132 valence electrons. The summed E-state index contributed by atoms with van der Waals surface area (Å²) in [7, 11) is 3.25. The smallest absolute Gasteiger partial charge is 0.329 e. The molecule has 0 atom stereocenters. The van der Waals surface area contributed by atoms with E-state index in [0.717, 1.165) is 5.56 Å². The molecule has 0 aliphatic heterocycles. The van der Waals surface area contributed by atoms with Crippen LogP contribution in [0.1, 0.15) is 11.1 Å². The van der Waals surface area contributed by atoms with Crippen LogP contribution in [0.15, 0.2) is 39.0 Å². The van der Waals surface area contributed by atoms with Crippen molar-refractivity contribution in [1.29, 1.82) is 0 Å². The Balaban J connectivity index is 2.13. The Morgan fingerprint density at radius 3 is 2.64 bits per heavy atom. The minimum atomic E-state index is -0.467. The van der Waals surface area contributed by atoms with Gasteiger partial charge < -0.3 is 9.30 Å². The highest BCUT2D eigenvalue weighted by molar-refractivity contribution is 7.99. The molecule has 0 aliphatic rings. The third-order valence-corrected chi connectivity index (χ3v) is 4.89. The third-order valence-electron chi connectivity index (χ3n) is 3.95. The number of nitrogens with zero attached hydrogens (tertiary/aromatic N) is 3. The molecule has 0 aliphatic carbocycles. The molecule has 3 rings (SSSR count). The highest BCUT2D eigenvalue weighted by atomic mass is 32.2. The Hall–Kier alpha value is -2.32. The first-order valence-electron chi connectivity index (χ1n) is 7.88. The van der Waals surface area contributed by atoms with Crippen molar-refractivity contribution >= 4 is 22.9 Å². The SMILES string of the molecule is COCCSc1nc2c(c(=O)[nH]c(=O)n2C)n1Cc1ccc(C)cc1. The van der Waals surface area contributed by atoms with Crippen LogP contribution in [0.2, 0.25) is 0 Å². The van der Waals surface area contributed by atoms with E-state index < -0.39 is 11.2 Å². The van der Waals surface area contributed by atoms with Gasteiger partial charge in [-0.05, 0) is 12.5 Å². The van der Waals surface area contributed by atoms with Crippen LogP contribution in [0.4, 0.5) is 0 Å². The molecule has 0 saturated carbocycles. The minimum Gasteiger partial charge on any atom is -0.384 e. The summed E-state index contributed by atoms with van der Waals surface area (Å²) >= 11 is 1.50. The van der Waals surface area contributed by atoms with Crippen molar-refractivity contribution in [3.8, 4) is 0 Å². The number of methoxy groups -OCH3 is 1. The number of ether oxygens (including phenoxy) is 1. The van der Waals surface area contributed by atoms with Crippen molar-refractivity contribution in [2.45, 2.75) is 18.6 Å². The van der Waals surface area contributed by atoms with Gasteiger partial charge in [-0.3, -0.25) is 14.3 Å². The molecule has 2 heterocycles. The number of H-pyrrole nitrogens is 1. The molecular formula is C17H20N4O3S. The number of rotatable bonds is 6. The second-order valence-electron chi connectivity index (χ2n) is 5.80. The van der Waals surface area contributed by atoms with Gasteiger partial charge in [-0.15, -0.1) is 0 Å². The maximum absolute atomic E-state index is 12.4. The van der Waals surface area contributed by atoms with E-state index >= 15 is 0 Å². The predicted molar refractivity (Wildman–Crippen MR) is 98.5 cm³/mol. The number of thioether (sulfide) groups is 1. The molecule has 3 aromatic rings. The van der Waals surface area contributed by atoms with Crippen LogP contribution in [0.5, 0.6) is 0 Å². The summed E-state index contributed by atoms with van der Waals surface area (Å²) in [6.07, 6.45) is 0. The summed E-state index contributed by atoms with van der Waals surface area (Å²) < 4.78 is 8.32. The predicted octanol–water partition coefficient (Wildman–Crippen LogP) is 1.52. The fourth-order valence-electron chi connectivity index (χ4n) is 2.56. The van der Waals surface area contributed by atoms with E-state index in [0.29, 0.717) is 35.2 Å². The van der Waals surface area contributed by atoms with Crippen molar-refractivity contribution in [1.82, 2.24) is 19.1 Å². The van der Waals surface area contributed by atoms with Gasteiger partial charge in [-0.25, -0.2) is 9.78 Å². The van der Waals surface area contributed by atoms with Gasteiger partial charge in [0.25, 0.3) is 5.56 Å². The topological polar surface area (TPSA) is 81.9 Å². The van der Waals surface area contributed by atoms with Gasteiger partial charge in [0.1, 0.15) is 0 Å². The summed E-state index contributed by atoms with van der Waals surface area (Å²) in [4.78, 5) is 31.1. The van der Waals surface area contributed by atoms with Gasteiger partial charge >= 0.3 is 5.69 Å². The molecule has 0 saturated heterocycles.